The molecule has 0 N–H and O–H groups in total. The molecule has 2 nitrogen and oxygen atoms in total. The van der Waals surface area contributed by atoms with E-state index in [1.165, 1.54) is 6.07 Å². The summed E-state index contributed by atoms with van der Waals surface area (Å²) in [5.41, 5.74) is 0.583. The van der Waals surface area contributed by atoms with Gasteiger partial charge in [0.15, 0.2) is 0 Å². The van der Waals surface area contributed by atoms with Gasteiger partial charge in [0, 0.05) is 11.4 Å². The highest BCUT2D eigenvalue weighted by atomic mass is 35.5. The highest BCUT2D eigenvalue weighted by molar-refractivity contribution is 6.18. The van der Waals surface area contributed by atoms with Crippen LogP contribution >= 0.6 is 11.6 Å². The number of hydrogen-bond acceptors (Lipinski definition) is 2. The summed E-state index contributed by atoms with van der Waals surface area (Å²) in [4.78, 5) is 0. The number of alkyl halides is 1. The molecule has 1 saturated heterocycles. The van der Waals surface area contributed by atoms with Gasteiger partial charge in [-0.1, -0.05) is 18.2 Å². The summed E-state index contributed by atoms with van der Waals surface area (Å²) in [7, 11) is 0. The third kappa shape index (κ3) is 3.66. The molecule has 1 aliphatic heterocycles. The average molecular weight is 259 g/mol. The molecule has 4 heteroatoms. The average Bonchev–Trinajstić information content (AvgIpc) is 2.80. The van der Waals surface area contributed by atoms with Gasteiger partial charge in [0.25, 0.3) is 0 Å². The second-order valence-corrected chi connectivity index (χ2v) is 4.53. The highest BCUT2D eigenvalue weighted by Gasteiger charge is 2.24. The van der Waals surface area contributed by atoms with Gasteiger partial charge in [-0.15, -0.1) is 11.6 Å². The Bertz CT molecular complexity index is 359. The summed E-state index contributed by atoms with van der Waals surface area (Å²) in [6.45, 7) is 0.791. The van der Waals surface area contributed by atoms with Gasteiger partial charge in [-0.25, -0.2) is 4.39 Å². The van der Waals surface area contributed by atoms with Crippen LogP contribution in [0.3, 0.4) is 0 Å². The van der Waals surface area contributed by atoms with E-state index in [2.05, 4.69) is 0 Å². The van der Waals surface area contributed by atoms with Crippen LogP contribution in [0.25, 0.3) is 0 Å². The van der Waals surface area contributed by atoms with Gasteiger partial charge >= 0.3 is 0 Å². The fourth-order valence-electron chi connectivity index (χ4n) is 1.93. The minimum absolute atomic E-state index is 0.102. The Kier molecular flexibility index (Phi) is 4.77. The molecule has 0 bridgehead atoms. The lowest BCUT2D eigenvalue weighted by Crippen LogP contribution is -2.17. The van der Waals surface area contributed by atoms with E-state index in [0.29, 0.717) is 18.1 Å². The number of rotatable bonds is 5. The van der Waals surface area contributed by atoms with Crippen molar-refractivity contribution in [3.05, 3.63) is 35.6 Å². The van der Waals surface area contributed by atoms with Crippen molar-refractivity contribution in [3.63, 3.8) is 0 Å². The Labute approximate surface area is 106 Å². The van der Waals surface area contributed by atoms with Crippen LogP contribution in [0.15, 0.2) is 24.3 Å². The number of benzene rings is 1. The predicted octanol–water partition coefficient (Wildman–Crippen LogP) is 3.13. The van der Waals surface area contributed by atoms with E-state index < -0.39 is 0 Å². The maximum Gasteiger partial charge on any atom is 0.128 e. The zero-order valence-electron chi connectivity index (χ0n) is 9.57. The van der Waals surface area contributed by atoms with E-state index in [0.717, 1.165) is 12.8 Å². The van der Waals surface area contributed by atoms with Crippen molar-refractivity contribution in [2.45, 2.75) is 31.7 Å². The standard InChI is InChI=1S/C13H16ClFO2/c14-7-11-5-6-12(17-11)9-16-8-10-3-1-2-4-13(10)15/h1-4,11-12H,5-9H2. The zero-order valence-corrected chi connectivity index (χ0v) is 10.3. The van der Waals surface area contributed by atoms with Gasteiger partial charge < -0.3 is 9.47 Å². The van der Waals surface area contributed by atoms with Crippen molar-refractivity contribution < 1.29 is 13.9 Å². The van der Waals surface area contributed by atoms with Gasteiger partial charge in [0.05, 0.1) is 25.4 Å². The summed E-state index contributed by atoms with van der Waals surface area (Å²) in [6.07, 6.45) is 2.20. The van der Waals surface area contributed by atoms with E-state index in [9.17, 15) is 4.39 Å². The van der Waals surface area contributed by atoms with Crippen molar-refractivity contribution in [2.75, 3.05) is 12.5 Å². The third-order valence-electron chi connectivity index (χ3n) is 2.89. The number of halogens is 2. The smallest absolute Gasteiger partial charge is 0.128 e. The minimum atomic E-state index is -0.224. The summed E-state index contributed by atoms with van der Waals surface area (Å²) >= 11 is 5.71. The molecule has 0 spiro atoms. The van der Waals surface area contributed by atoms with Crippen LogP contribution < -0.4 is 0 Å². The normalized spacial score (nSPS) is 24.1. The summed E-state index contributed by atoms with van der Waals surface area (Å²) in [5.74, 6) is 0.308. The van der Waals surface area contributed by atoms with Gasteiger partial charge in [0.1, 0.15) is 5.82 Å². The Morgan fingerprint density at radius 2 is 2.06 bits per heavy atom. The van der Waals surface area contributed by atoms with E-state index in [4.69, 9.17) is 21.1 Å². The van der Waals surface area contributed by atoms with Crippen molar-refractivity contribution in [1.82, 2.24) is 0 Å². The molecule has 0 aliphatic carbocycles. The van der Waals surface area contributed by atoms with Crippen molar-refractivity contribution >= 4 is 11.6 Å². The van der Waals surface area contributed by atoms with Crippen LogP contribution in [0, 0.1) is 5.82 Å². The molecule has 2 atom stereocenters. The molecule has 0 amide bonds. The second-order valence-electron chi connectivity index (χ2n) is 4.22. The molecular weight excluding hydrogens is 243 g/mol. The molecule has 94 valence electrons. The SMILES string of the molecule is Fc1ccccc1COCC1CCC(CCl)O1. The van der Waals surface area contributed by atoms with E-state index in [-0.39, 0.29) is 24.6 Å². The lowest BCUT2D eigenvalue weighted by Gasteiger charge is -2.12. The highest BCUT2D eigenvalue weighted by Crippen LogP contribution is 2.21. The quantitative estimate of drug-likeness (QED) is 0.756. The Morgan fingerprint density at radius 3 is 2.76 bits per heavy atom. The zero-order chi connectivity index (χ0) is 12.1. The Hall–Kier alpha value is -0.640. The van der Waals surface area contributed by atoms with Gasteiger partial charge in [-0.3, -0.25) is 0 Å². The molecular formula is C13H16ClFO2. The maximum atomic E-state index is 13.3. The predicted molar refractivity (Wildman–Crippen MR) is 64.7 cm³/mol. The van der Waals surface area contributed by atoms with Crippen LogP contribution in [0.2, 0.25) is 0 Å². The lowest BCUT2D eigenvalue weighted by atomic mass is 10.2. The van der Waals surface area contributed by atoms with Crippen LogP contribution in [0.4, 0.5) is 4.39 Å². The first-order chi connectivity index (χ1) is 8.29. The first kappa shape index (κ1) is 12.8. The van der Waals surface area contributed by atoms with Crippen LogP contribution in [-0.4, -0.2) is 24.7 Å². The van der Waals surface area contributed by atoms with Crippen LogP contribution in [0.1, 0.15) is 18.4 Å². The minimum Gasteiger partial charge on any atom is -0.374 e. The first-order valence-corrected chi connectivity index (χ1v) is 6.35. The fourth-order valence-corrected chi connectivity index (χ4v) is 2.16. The van der Waals surface area contributed by atoms with Crippen molar-refractivity contribution in [1.29, 1.82) is 0 Å². The summed E-state index contributed by atoms with van der Waals surface area (Å²) in [5, 5.41) is 0. The molecule has 1 aromatic carbocycles. The third-order valence-corrected chi connectivity index (χ3v) is 3.23. The molecule has 1 heterocycles. The molecule has 0 aromatic heterocycles. The molecule has 0 radical (unpaired) electrons. The monoisotopic (exact) mass is 258 g/mol. The van der Waals surface area contributed by atoms with E-state index >= 15 is 0 Å². The molecule has 2 unspecified atom stereocenters. The van der Waals surface area contributed by atoms with Gasteiger partial charge in [-0.2, -0.15) is 0 Å². The van der Waals surface area contributed by atoms with Crippen molar-refractivity contribution in [3.8, 4) is 0 Å². The summed E-state index contributed by atoms with van der Waals surface area (Å²) in [6, 6.07) is 6.64. The number of ether oxygens (including phenoxy) is 2. The van der Waals surface area contributed by atoms with Crippen LogP contribution in [-0.2, 0) is 16.1 Å². The molecule has 17 heavy (non-hydrogen) atoms. The summed E-state index contributed by atoms with van der Waals surface area (Å²) < 4.78 is 24.4. The molecule has 1 fully saturated rings. The second kappa shape index (κ2) is 6.34. The van der Waals surface area contributed by atoms with E-state index in [1.807, 2.05) is 0 Å². The lowest BCUT2D eigenvalue weighted by molar-refractivity contribution is -0.0138. The first-order valence-electron chi connectivity index (χ1n) is 5.82. The largest absolute Gasteiger partial charge is 0.374 e. The molecule has 1 aliphatic rings. The van der Waals surface area contributed by atoms with Crippen molar-refractivity contribution in [2.24, 2.45) is 0 Å². The van der Waals surface area contributed by atoms with Gasteiger partial charge in [0.2, 0.25) is 0 Å². The molecule has 2 rings (SSSR count). The Balaban J connectivity index is 1.72. The topological polar surface area (TPSA) is 18.5 Å². The van der Waals surface area contributed by atoms with Crippen LogP contribution in [0.5, 0.6) is 0 Å². The molecule has 0 saturated carbocycles. The number of hydrogen-bond donors (Lipinski definition) is 0. The van der Waals surface area contributed by atoms with E-state index in [1.54, 1.807) is 18.2 Å². The maximum absolute atomic E-state index is 13.3. The van der Waals surface area contributed by atoms with Gasteiger partial charge in [-0.05, 0) is 18.9 Å². The fraction of sp³-hybridized carbons (Fsp3) is 0.538. The Morgan fingerprint density at radius 1 is 1.29 bits per heavy atom. The molecule has 1 aromatic rings.